The fourth-order valence-electron chi connectivity index (χ4n) is 3.01. The zero-order chi connectivity index (χ0) is 16.9. The molecule has 1 N–H and O–H groups in total. The van der Waals surface area contributed by atoms with Crippen LogP contribution in [-0.2, 0) is 17.6 Å². The second kappa shape index (κ2) is 7.30. The van der Waals surface area contributed by atoms with Gasteiger partial charge >= 0.3 is 0 Å². The van der Waals surface area contributed by atoms with E-state index in [2.05, 4.69) is 24.4 Å². The number of hydrogen-bond donors (Lipinski definition) is 1. The predicted molar refractivity (Wildman–Crippen MR) is 92.5 cm³/mol. The van der Waals surface area contributed by atoms with E-state index in [1.807, 2.05) is 24.3 Å². The van der Waals surface area contributed by atoms with Crippen molar-refractivity contribution in [3.8, 4) is 5.75 Å². The SMILES string of the molecule is Cc1ccccc1CCNC(=O)COc1cccc2c1CCC2=O. The summed E-state index contributed by atoms with van der Waals surface area (Å²) in [5, 5.41) is 2.87. The summed E-state index contributed by atoms with van der Waals surface area (Å²) < 4.78 is 5.62. The smallest absolute Gasteiger partial charge is 0.257 e. The van der Waals surface area contributed by atoms with Gasteiger partial charge in [-0.05, 0) is 37.0 Å². The molecule has 3 rings (SSSR count). The number of carbonyl (C=O) groups is 2. The van der Waals surface area contributed by atoms with E-state index in [0.29, 0.717) is 25.1 Å². The summed E-state index contributed by atoms with van der Waals surface area (Å²) in [5.74, 6) is 0.649. The summed E-state index contributed by atoms with van der Waals surface area (Å²) in [7, 11) is 0. The number of hydrogen-bond acceptors (Lipinski definition) is 3. The van der Waals surface area contributed by atoms with E-state index < -0.39 is 0 Å². The Bertz CT molecular complexity index is 767. The first kappa shape index (κ1) is 16.2. The molecule has 1 aliphatic carbocycles. The van der Waals surface area contributed by atoms with Gasteiger partial charge in [-0.15, -0.1) is 0 Å². The first-order valence-corrected chi connectivity index (χ1v) is 8.24. The van der Waals surface area contributed by atoms with Crippen molar-refractivity contribution < 1.29 is 14.3 Å². The molecule has 0 spiro atoms. The molecule has 4 nitrogen and oxygen atoms in total. The van der Waals surface area contributed by atoms with E-state index >= 15 is 0 Å². The van der Waals surface area contributed by atoms with Gasteiger partial charge in [0.1, 0.15) is 5.75 Å². The van der Waals surface area contributed by atoms with Gasteiger partial charge in [0.2, 0.25) is 0 Å². The zero-order valence-electron chi connectivity index (χ0n) is 13.8. The molecule has 24 heavy (non-hydrogen) atoms. The highest BCUT2D eigenvalue weighted by Crippen LogP contribution is 2.30. The molecule has 2 aromatic carbocycles. The summed E-state index contributed by atoms with van der Waals surface area (Å²) in [4.78, 5) is 23.7. The monoisotopic (exact) mass is 323 g/mol. The number of nitrogens with one attached hydrogen (secondary N) is 1. The molecule has 0 bridgehead atoms. The Labute approximate surface area is 141 Å². The van der Waals surface area contributed by atoms with Crippen LogP contribution in [0.2, 0.25) is 0 Å². The van der Waals surface area contributed by atoms with Gasteiger partial charge in [0, 0.05) is 24.1 Å². The highest BCUT2D eigenvalue weighted by atomic mass is 16.5. The lowest BCUT2D eigenvalue weighted by Gasteiger charge is -2.11. The van der Waals surface area contributed by atoms with Gasteiger partial charge in [-0.25, -0.2) is 0 Å². The molecule has 0 aliphatic heterocycles. The Hall–Kier alpha value is -2.62. The summed E-state index contributed by atoms with van der Waals surface area (Å²) in [6.45, 7) is 2.62. The molecule has 0 unspecified atom stereocenters. The maximum absolute atomic E-state index is 12.0. The summed E-state index contributed by atoms with van der Waals surface area (Å²) in [5.41, 5.74) is 4.12. The number of amides is 1. The number of ether oxygens (including phenoxy) is 1. The van der Waals surface area contributed by atoms with E-state index in [9.17, 15) is 9.59 Å². The molecular weight excluding hydrogens is 302 g/mol. The van der Waals surface area contributed by atoms with Gasteiger partial charge in [0.15, 0.2) is 12.4 Å². The van der Waals surface area contributed by atoms with Crippen LogP contribution in [-0.4, -0.2) is 24.8 Å². The fraction of sp³-hybridized carbons (Fsp3) is 0.300. The largest absolute Gasteiger partial charge is 0.483 e. The lowest BCUT2D eigenvalue weighted by Crippen LogP contribution is -2.30. The Balaban J connectivity index is 1.48. The van der Waals surface area contributed by atoms with Crippen molar-refractivity contribution in [2.75, 3.05) is 13.2 Å². The lowest BCUT2D eigenvalue weighted by atomic mass is 10.1. The van der Waals surface area contributed by atoms with Crippen molar-refractivity contribution in [2.24, 2.45) is 0 Å². The molecular formula is C20H21NO3. The van der Waals surface area contributed by atoms with Crippen LogP contribution in [0.5, 0.6) is 5.75 Å². The minimum absolute atomic E-state index is 0.0293. The third-order valence-electron chi connectivity index (χ3n) is 4.37. The second-order valence-corrected chi connectivity index (χ2v) is 6.02. The van der Waals surface area contributed by atoms with Gasteiger partial charge in [0.25, 0.3) is 5.91 Å². The third-order valence-corrected chi connectivity index (χ3v) is 4.37. The van der Waals surface area contributed by atoms with Crippen LogP contribution in [0.4, 0.5) is 0 Å². The third kappa shape index (κ3) is 3.65. The van der Waals surface area contributed by atoms with E-state index in [1.165, 1.54) is 11.1 Å². The van der Waals surface area contributed by atoms with Crippen molar-refractivity contribution >= 4 is 11.7 Å². The second-order valence-electron chi connectivity index (χ2n) is 6.02. The summed E-state index contributed by atoms with van der Waals surface area (Å²) in [6.07, 6.45) is 2.02. The number of Topliss-reactive ketones (excluding diaryl/α,β-unsaturated/α-hetero) is 1. The van der Waals surface area contributed by atoms with E-state index in [1.54, 1.807) is 6.07 Å². The number of carbonyl (C=O) groups excluding carboxylic acids is 2. The van der Waals surface area contributed by atoms with Crippen molar-refractivity contribution in [1.29, 1.82) is 0 Å². The molecule has 0 radical (unpaired) electrons. The number of rotatable bonds is 6. The minimum Gasteiger partial charge on any atom is -0.483 e. The van der Waals surface area contributed by atoms with Gasteiger partial charge < -0.3 is 10.1 Å². The Morgan fingerprint density at radius 1 is 1.12 bits per heavy atom. The predicted octanol–water partition coefficient (Wildman–Crippen LogP) is 2.86. The normalized spacial score (nSPS) is 12.8. The van der Waals surface area contributed by atoms with Gasteiger partial charge in [-0.2, -0.15) is 0 Å². The first-order valence-electron chi connectivity index (χ1n) is 8.24. The van der Waals surface area contributed by atoms with Crippen LogP contribution in [0.25, 0.3) is 0 Å². The molecule has 0 fully saturated rings. The van der Waals surface area contributed by atoms with Crippen LogP contribution < -0.4 is 10.1 Å². The minimum atomic E-state index is -0.148. The average molecular weight is 323 g/mol. The van der Waals surface area contributed by atoms with Gasteiger partial charge in [-0.1, -0.05) is 36.4 Å². The average Bonchev–Trinajstić information content (AvgIpc) is 2.97. The standard InChI is InChI=1S/C20H21NO3/c1-14-5-2-3-6-15(14)11-12-21-20(23)13-24-19-8-4-7-16-17(19)9-10-18(16)22/h2-8H,9-13H2,1H3,(H,21,23). The number of benzene rings is 2. The Morgan fingerprint density at radius 2 is 1.96 bits per heavy atom. The topological polar surface area (TPSA) is 55.4 Å². The van der Waals surface area contributed by atoms with Crippen molar-refractivity contribution in [2.45, 2.75) is 26.2 Å². The zero-order valence-corrected chi connectivity index (χ0v) is 13.8. The summed E-state index contributed by atoms with van der Waals surface area (Å²) in [6, 6.07) is 13.6. The number of aryl methyl sites for hydroxylation is 1. The van der Waals surface area contributed by atoms with Crippen molar-refractivity contribution in [3.63, 3.8) is 0 Å². The quantitative estimate of drug-likeness (QED) is 0.889. The number of ketones is 1. The first-order chi connectivity index (χ1) is 11.6. The highest BCUT2D eigenvalue weighted by molar-refractivity contribution is 6.01. The summed E-state index contributed by atoms with van der Waals surface area (Å²) >= 11 is 0. The van der Waals surface area contributed by atoms with Crippen LogP contribution in [0.1, 0.15) is 33.5 Å². The van der Waals surface area contributed by atoms with Gasteiger partial charge in [0.05, 0.1) is 0 Å². The highest BCUT2D eigenvalue weighted by Gasteiger charge is 2.22. The fourth-order valence-corrected chi connectivity index (χ4v) is 3.01. The molecule has 0 aromatic heterocycles. The van der Waals surface area contributed by atoms with Gasteiger partial charge in [-0.3, -0.25) is 9.59 Å². The maximum Gasteiger partial charge on any atom is 0.257 e. The van der Waals surface area contributed by atoms with E-state index in [4.69, 9.17) is 4.74 Å². The van der Waals surface area contributed by atoms with Crippen LogP contribution in [0.3, 0.4) is 0 Å². The van der Waals surface area contributed by atoms with E-state index in [-0.39, 0.29) is 18.3 Å². The lowest BCUT2D eigenvalue weighted by molar-refractivity contribution is -0.123. The molecule has 1 amide bonds. The van der Waals surface area contributed by atoms with Crippen molar-refractivity contribution in [1.82, 2.24) is 5.32 Å². The Morgan fingerprint density at radius 3 is 2.79 bits per heavy atom. The molecule has 0 saturated carbocycles. The molecule has 4 heteroatoms. The van der Waals surface area contributed by atoms with E-state index in [0.717, 1.165) is 17.5 Å². The van der Waals surface area contributed by atoms with Crippen LogP contribution in [0, 0.1) is 6.92 Å². The van der Waals surface area contributed by atoms with Crippen LogP contribution in [0.15, 0.2) is 42.5 Å². The molecule has 0 atom stereocenters. The molecule has 0 saturated heterocycles. The maximum atomic E-state index is 12.0. The molecule has 2 aromatic rings. The van der Waals surface area contributed by atoms with Crippen LogP contribution >= 0.6 is 0 Å². The molecule has 124 valence electrons. The van der Waals surface area contributed by atoms with Crippen molar-refractivity contribution in [3.05, 3.63) is 64.7 Å². The molecule has 1 aliphatic rings. The Kier molecular flexibility index (Phi) is 4.94. The molecule has 0 heterocycles. The number of fused-ring (bicyclic) bond motifs is 1.